The first-order valence-electron chi connectivity index (χ1n) is 5.95. The minimum absolute atomic E-state index is 0.600. The van der Waals surface area contributed by atoms with Crippen molar-refractivity contribution in [3.63, 3.8) is 0 Å². The number of aromatic nitrogens is 2. The van der Waals surface area contributed by atoms with Crippen molar-refractivity contribution < 1.29 is 0 Å². The molecule has 96 valence electrons. The predicted octanol–water partition coefficient (Wildman–Crippen LogP) is 3.98. The second-order valence-corrected chi connectivity index (χ2v) is 6.14. The Hall–Kier alpha value is -0.610. The second-order valence-electron chi connectivity index (χ2n) is 4.58. The molecule has 2 rings (SSSR count). The predicted molar refractivity (Wildman–Crippen MR) is 82.0 cm³/mol. The molecule has 0 bridgehead atoms. The van der Waals surface area contributed by atoms with E-state index in [1.54, 1.807) is 0 Å². The summed E-state index contributed by atoms with van der Waals surface area (Å²) in [5.74, 6) is 0.600. The Morgan fingerprint density at radius 1 is 1.28 bits per heavy atom. The summed E-state index contributed by atoms with van der Waals surface area (Å²) in [6.45, 7) is 0. The molecular formula is C14H16Br2N2. The highest BCUT2D eigenvalue weighted by molar-refractivity contribution is 9.10. The van der Waals surface area contributed by atoms with Crippen molar-refractivity contribution in [1.29, 1.82) is 0 Å². The van der Waals surface area contributed by atoms with Crippen molar-refractivity contribution in [3.8, 4) is 0 Å². The van der Waals surface area contributed by atoms with Gasteiger partial charge < -0.3 is 0 Å². The molecule has 0 amide bonds. The van der Waals surface area contributed by atoms with Crippen LogP contribution in [0.15, 0.2) is 41.1 Å². The van der Waals surface area contributed by atoms with E-state index in [-0.39, 0.29) is 0 Å². The van der Waals surface area contributed by atoms with E-state index in [9.17, 15) is 0 Å². The Bertz CT molecular complexity index is 508. The summed E-state index contributed by atoms with van der Waals surface area (Å²) >= 11 is 7.14. The van der Waals surface area contributed by atoms with E-state index in [1.165, 1.54) is 11.1 Å². The van der Waals surface area contributed by atoms with Crippen molar-refractivity contribution in [2.24, 2.45) is 13.0 Å². The zero-order valence-electron chi connectivity index (χ0n) is 10.3. The van der Waals surface area contributed by atoms with Crippen LogP contribution in [0.25, 0.3) is 0 Å². The maximum atomic E-state index is 4.22. The van der Waals surface area contributed by atoms with Gasteiger partial charge in [0.2, 0.25) is 0 Å². The van der Waals surface area contributed by atoms with Crippen molar-refractivity contribution in [1.82, 2.24) is 9.78 Å². The fourth-order valence-electron chi connectivity index (χ4n) is 2.09. The van der Waals surface area contributed by atoms with E-state index in [0.29, 0.717) is 5.92 Å². The zero-order chi connectivity index (χ0) is 13.0. The molecule has 0 aliphatic rings. The minimum atomic E-state index is 0.600. The lowest BCUT2D eigenvalue weighted by Gasteiger charge is -2.13. The Morgan fingerprint density at radius 2 is 2.06 bits per heavy atom. The van der Waals surface area contributed by atoms with Crippen LogP contribution in [0.5, 0.6) is 0 Å². The highest BCUT2D eigenvalue weighted by Crippen LogP contribution is 2.19. The average Bonchev–Trinajstić information content (AvgIpc) is 2.74. The number of alkyl halides is 1. The molecule has 2 nitrogen and oxygen atoms in total. The Balaban J connectivity index is 2.01. The van der Waals surface area contributed by atoms with Crippen LogP contribution in [0, 0.1) is 5.92 Å². The number of benzene rings is 1. The molecule has 2 aromatic rings. The molecule has 1 heterocycles. The first kappa shape index (κ1) is 13.8. The molecule has 0 saturated heterocycles. The molecule has 1 atom stereocenters. The van der Waals surface area contributed by atoms with Crippen LogP contribution in [0.3, 0.4) is 0 Å². The Labute approximate surface area is 125 Å². The number of hydrogen-bond donors (Lipinski definition) is 0. The first-order valence-corrected chi connectivity index (χ1v) is 7.86. The van der Waals surface area contributed by atoms with E-state index in [1.807, 2.05) is 17.9 Å². The van der Waals surface area contributed by atoms with E-state index in [2.05, 4.69) is 67.4 Å². The Morgan fingerprint density at radius 3 is 2.67 bits per heavy atom. The monoisotopic (exact) mass is 370 g/mol. The number of hydrogen-bond acceptors (Lipinski definition) is 1. The molecule has 18 heavy (non-hydrogen) atoms. The SMILES string of the molecule is Cn1cc(CC(CBr)Cc2cccc(Br)c2)cn1. The first-order chi connectivity index (χ1) is 8.67. The fourth-order valence-corrected chi connectivity index (χ4v) is 2.99. The summed E-state index contributed by atoms with van der Waals surface area (Å²) in [6.07, 6.45) is 6.19. The molecule has 1 aromatic heterocycles. The summed E-state index contributed by atoms with van der Waals surface area (Å²) in [5.41, 5.74) is 2.68. The third-order valence-electron chi connectivity index (χ3n) is 2.91. The topological polar surface area (TPSA) is 17.8 Å². The molecule has 0 aliphatic carbocycles. The number of nitrogens with zero attached hydrogens (tertiary/aromatic N) is 2. The summed E-state index contributed by atoms with van der Waals surface area (Å²) in [6, 6.07) is 8.53. The van der Waals surface area contributed by atoms with Crippen LogP contribution >= 0.6 is 31.9 Å². The van der Waals surface area contributed by atoms with Crippen molar-refractivity contribution in [2.45, 2.75) is 12.8 Å². The fraction of sp³-hybridized carbons (Fsp3) is 0.357. The number of halogens is 2. The lowest BCUT2D eigenvalue weighted by Crippen LogP contribution is -2.09. The van der Waals surface area contributed by atoms with Gasteiger partial charge in [0.1, 0.15) is 0 Å². The maximum Gasteiger partial charge on any atom is 0.0521 e. The molecule has 1 unspecified atom stereocenters. The van der Waals surface area contributed by atoms with E-state index >= 15 is 0 Å². The Kier molecular flexibility index (Phi) is 5.01. The van der Waals surface area contributed by atoms with Crippen LogP contribution in [0.2, 0.25) is 0 Å². The standard InChI is InChI=1S/C14H16Br2N2/c1-18-10-13(9-17-18)6-12(8-15)5-11-3-2-4-14(16)7-11/h2-4,7,9-10,12H,5-6,8H2,1H3. The average molecular weight is 372 g/mol. The van der Waals surface area contributed by atoms with Gasteiger partial charge in [-0.05, 0) is 42.0 Å². The van der Waals surface area contributed by atoms with Crippen LogP contribution in [0.4, 0.5) is 0 Å². The van der Waals surface area contributed by atoms with Crippen molar-refractivity contribution in [3.05, 3.63) is 52.3 Å². The smallest absolute Gasteiger partial charge is 0.0521 e. The summed E-state index contributed by atoms with van der Waals surface area (Å²) < 4.78 is 3.01. The van der Waals surface area contributed by atoms with Gasteiger partial charge in [0, 0.05) is 23.0 Å². The highest BCUT2D eigenvalue weighted by atomic mass is 79.9. The minimum Gasteiger partial charge on any atom is -0.276 e. The molecule has 0 radical (unpaired) electrons. The normalized spacial score (nSPS) is 12.6. The van der Waals surface area contributed by atoms with Crippen LogP contribution in [-0.2, 0) is 19.9 Å². The van der Waals surface area contributed by atoms with Crippen LogP contribution in [0.1, 0.15) is 11.1 Å². The number of rotatable bonds is 5. The lowest BCUT2D eigenvalue weighted by molar-refractivity contribution is 0.590. The lowest BCUT2D eigenvalue weighted by atomic mass is 9.96. The van der Waals surface area contributed by atoms with E-state index in [4.69, 9.17) is 0 Å². The highest BCUT2D eigenvalue weighted by Gasteiger charge is 2.10. The van der Waals surface area contributed by atoms with Gasteiger partial charge in [-0.1, -0.05) is 44.0 Å². The molecule has 0 saturated carbocycles. The summed E-state index contributed by atoms with van der Waals surface area (Å²) in [4.78, 5) is 0. The van der Waals surface area contributed by atoms with Gasteiger partial charge >= 0.3 is 0 Å². The van der Waals surface area contributed by atoms with Crippen LogP contribution in [-0.4, -0.2) is 15.1 Å². The van der Waals surface area contributed by atoms with Crippen molar-refractivity contribution >= 4 is 31.9 Å². The quantitative estimate of drug-likeness (QED) is 0.727. The van der Waals surface area contributed by atoms with Crippen LogP contribution < -0.4 is 0 Å². The van der Waals surface area contributed by atoms with Gasteiger partial charge in [0.05, 0.1) is 6.20 Å². The van der Waals surface area contributed by atoms with Gasteiger partial charge in [-0.3, -0.25) is 4.68 Å². The van der Waals surface area contributed by atoms with E-state index < -0.39 is 0 Å². The third-order valence-corrected chi connectivity index (χ3v) is 4.32. The van der Waals surface area contributed by atoms with Gasteiger partial charge in [-0.15, -0.1) is 0 Å². The molecule has 4 heteroatoms. The third kappa shape index (κ3) is 3.95. The molecule has 0 aliphatic heterocycles. The number of aryl methyl sites for hydroxylation is 1. The second kappa shape index (κ2) is 6.53. The zero-order valence-corrected chi connectivity index (χ0v) is 13.5. The summed E-state index contributed by atoms with van der Waals surface area (Å²) in [7, 11) is 1.96. The van der Waals surface area contributed by atoms with Crippen molar-refractivity contribution in [2.75, 3.05) is 5.33 Å². The van der Waals surface area contributed by atoms with Gasteiger partial charge in [-0.2, -0.15) is 5.10 Å². The van der Waals surface area contributed by atoms with Gasteiger partial charge in [0.25, 0.3) is 0 Å². The van der Waals surface area contributed by atoms with E-state index in [0.717, 1.165) is 22.6 Å². The maximum absolute atomic E-state index is 4.22. The molecule has 0 fully saturated rings. The largest absolute Gasteiger partial charge is 0.276 e. The summed E-state index contributed by atoms with van der Waals surface area (Å²) in [5, 5.41) is 5.23. The molecular weight excluding hydrogens is 356 g/mol. The molecule has 1 aromatic carbocycles. The molecule has 0 N–H and O–H groups in total. The van der Waals surface area contributed by atoms with Gasteiger partial charge in [-0.25, -0.2) is 0 Å². The van der Waals surface area contributed by atoms with Gasteiger partial charge in [0.15, 0.2) is 0 Å². The molecule has 0 spiro atoms.